The number of aromatic hydroxyl groups is 1. The van der Waals surface area contributed by atoms with Crippen molar-refractivity contribution >= 4 is 37.0 Å². The monoisotopic (exact) mass is 615 g/mol. The summed E-state index contributed by atoms with van der Waals surface area (Å²) in [5.41, 5.74) is 3.55. The van der Waals surface area contributed by atoms with Crippen LogP contribution in [0.4, 0.5) is 15.3 Å². The summed E-state index contributed by atoms with van der Waals surface area (Å²) in [6.45, 7) is 5.17. The number of anilines is 1. The molecule has 0 aliphatic carbocycles. The molecule has 3 fully saturated rings. The van der Waals surface area contributed by atoms with Gasteiger partial charge in [-0.15, -0.1) is 0 Å². The van der Waals surface area contributed by atoms with E-state index >= 15 is 0 Å². The maximum Gasteiger partial charge on any atom is 0.410 e. The first-order chi connectivity index (χ1) is 21.9. The second-order valence-electron chi connectivity index (χ2n) is 13.1. The maximum absolute atomic E-state index is 13.9. The predicted molar refractivity (Wildman–Crippen MR) is 176 cm³/mol. The molecule has 1 atom stereocenters. The van der Waals surface area contributed by atoms with Gasteiger partial charge in [0.25, 0.3) is 5.91 Å². The fourth-order valence-corrected chi connectivity index (χ4v) is 7.47. The van der Waals surface area contributed by atoms with Gasteiger partial charge in [0, 0.05) is 56.9 Å². The molecule has 2 N–H and O–H groups in total. The summed E-state index contributed by atoms with van der Waals surface area (Å²) in [4.78, 5) is 48.5. The molecule has 4 aliphatic rings. The Kier molecular flexibility index (Phi) is 9.83. The Morgan fingerprint density at radius 3 is 2.31 bits per heavy atom. The number of hydrogen-bond donors (Lipinski definition) is 2. The molecule has 240 valence electrons. The van der Waals surface area contributed by atoms with E-state index in [1.165, 1.54) is 19.3 Å². The van der Waals surface area contributed by atoms with Crippen LogP contribution in [0.15, 0.2) is 42.5 Å². The molecule has 0 saturated carbocycles. The zero-order valence-electron chi connectivity index (χ0n) is 26.5. The summed E-state index contributed by atoms with van der Waals surface area (Å²) in [5, 5.41) is 13.1. The summed E-state index contributed by atoms with van der Waals surface area (Å²) >= 11 is 0. The van der Waals surface area contributed by atoms with E-state index < -0.39 is 12.2 Å². The van der Waals surface area contributed by atoms with Crippen LogP contribution in [0.3, 0.4) is 0 Å². The van der Waals surface area contributed by atoms with E-state index in [0.29, 0.717) is 51.6 Å². The third-order valence-corrected chi connectivity index (χ3v) is 10.2. The SMILES string of the molecule is Bc1cc(C[C@@H](OC(=O)N2CCC(N3CCc4ccccc4NC3=O)CC2)C(=O)N2CCC(N3CCCCC3)CC2)ccc1O. The zero-order valence-corrected chi connectivity index (χ0v) is 26.5. The van der Waals surface area contributed by atoms with Crippen molar-refractivity contribution in [3.05, 3.63) is 53.6 Å². The zero-order chi connectivity index (χ0) is 31.3. The smallest absolute Gasteiger partial charge is 0.410 e. The number of piperidine rings is 3. The topological polar surface area (TPSA) is 106 Å². The van der Waals surface area contributed by atoms with Crippen LogP contribution in [0.1, 0.15) is 56.1 Å². The predicted octanol–water partition coefficient (Wildman–Crippen LogP) is 2.73. The minimum absolute atomic E-state index is 0.0296. The van der Waals surface area contributed by atoms with E-state index in [1.807, 2.05) is 48.0 Å². The van der Waals surface area contributed by atoms with Crippen LogP contribution in [0.5, 0.6) is 5.75 Å². The summed E-state index contributed by atoms with van der Waals surface area (Å²) in [6, 6.07) is 13.6. The number of carbonyl (C=O) groups excluding carboxylic acids is 3. The number of carbonyl (C=O) groups is 3. The lowest BCUT2D eigenvalue weighted by Crippen LogP contribution is -2.53. The van der Waals surface area contributed by atoms with Crippen LogP contribution < -0.4 is 10.8 Å². The molecule has 0 aromatic heterocycles. The molecule has 4 heterocycles. The van der Waals surface area contributed by atoms with Crippen LogP contribution >= 0.6 is 0 Å². The van der Waals surface area contributed by atoms with E-state index in [1.54, 1.807) is 17.0 Å². The van der Waals surface area contributed by atoms with Crippen LogP contribution in [0.2, 0.25) is 0 Å². The number of likely N-dealkylation sites (tertiary alicyclic amines) is 3. The van der Waals surface area contributed by atoms with Gasteiger partial charge in [-0.2, -0.15) is 0 Å². The molecular formula is C34H46BN5O5. The van der Waals surface area contributed by atoms with Gasteiger partial charge in [0.1, 0.15) is 13.6 Å². The molecule has 10 nitrogen and oxygen atoms in total. The minimum atomic E-state index is -0.944. The lowest BCUT2D eigenvalue weighted by Gasteiger charge is -2.41. The first kappa shape index (κ1) is 31.3. The Balaban J connectivity index is 1.07. The maximum atomic E-state index is 13.9. The van der Waals surface area contributed by atoms with Crippen LogP contribution in [-0.4, -0.2) is 115 Å². The van der Waals surface area contributed by atoms with Crippen molar-refractivity contribution in [3.8, 4) is 5.75 Å². The van der Waals surface area contributed by atoms with Crippen molar-refractivity contribution in [3.63, 3.8) is 0 Å². The molecular weight excluding hydrogens is 569 g/mol. The Bertz CT molecular complexity index is 1370. The number of amides is 4. The number of fused-ring (bicyclic) bond motifs is 1. The number of para-hydroxylation sites is 1. The van der Waals surface area contributed by atoms with Gasteiger partial charge >= 0.3 is 12.1 Å². The summed E-state index contributed by atoms with van der Waals surface area (Å²) in [7, 11) is 1.82. The second kappa shape index (κ2) is 14.1. The highest BCUT2D eigenvalue weighted by atomic mass is 16.6. The number of nitrogens with zero attached hydrogens (tertiary/aromatic N) is 4. The van der Waals surface area contributed by atoms with Gasteiger partial charge in [-0.05, 0) is 86.8 Å². The Morgan fingerprint density at radius 1 is 0.889 bits per heavy atom. The molecule has 2 aromatic carbocycles. The minimum Gasteiger partial charge on any atom is -0.509 e. The first-order valence-electron chi connectivity index (χ1n) is 16.8. The second-order valence-corrected chi connectivity index (χ2v) is 13.1. The highest BCUT2D eigenvalue weighted by Gasteiger charge is 2.36. The molecule has 2 aromatic rings. The third-order valence-electron chi connectivity index (χ3n) is 10.2. The van der Waals surface area contributed by atoms with Gasteiger partial charge in [0.05, 0.1) is 0 Å². The van der Waals surface area contributed by atoms with Gasteiger partial charge in [-0.1, -0.05) is 36.8 Å². The van der Waals surface area contributed by atoms with E-state index in [-0.39, 0.29) is 30.2 Å². The molecule has 4 aliphatic heterocycles. The van der Waals surface area contributed by atoms with Crippen molar-refractivity contribution in [2.45, 2.75) is 76.0 Å². The third kappa shape index (κ3) is 7.40. The van der Waals surface area contributed by atoms with Crippen LogP contribution in [-0.2, 0) is 22.4 Å². The quantitative estimate of drug-likeness (QED) is 0.485. The fraction of sp³-hybridized carbons (Fsp3) is 0.559. The molecule has 11 heteroatoms. The fourth-order valence-electron chi connectivity index (χ4n) is 7.47. The van der Waals surface area contributed by atoms with Crippen LogP contribution in [0.25, 0.3) is 0 Å². The average Bonchev–Trinajstić information content (AvgIpc) is 3.24. The number of rotatable bonds is 6. The molecule has 45 heavy (non-hydrogen) atoms. The lowest BCUT2D eigenvalue weighted by molar-refractivity contribution is -0.142. The van der Waals surface area contributed by atoms with Crippen molar-refractivity contribution < 1.29 is 24.2 Å². The molecule has 0 bridgehead atoms. The number of benzene rings is 2. The largest absolute Gasteiger partial charge is 0.509 e. The summed E-state index contributed by atoms with van der Waals surface area (Å²) in [6.07, 6.45) is 6.59. The van der Waals surface area contributed by atoms with Gasteiger partial charge in [0.15, 0.2) is 6.10 Å². The number of ether oxygens (including phenoxy) is 1. The molecule has 0 radical (unpaired) electrons. The summed E-state index contributed by atoms with van der Waals surface area (Å²) in [5.74, 6) is 0.0464. The van der Waals surface area contributed by atoms with Gasteiger partial charge in [-0.25, -0.2) is 9.59 Å². The molecule has 6 rings (SSSR count). The molecule has 0 unspecified atom stereocenters. The number of nitrogens with one attached hydrogen (secondary N) is 1. The normalized spacial score (nSPS) is 21.1. The summed E-state index contributed by atoms with van der Waals surface area (Å²) < 4.78 is 6.02. The Hall–Kier alpha value is -3.73. The number of phenolic OH excluding ortho intramolecular Hbond substituents is 1. The average molecular weight is 616 g/mol. The highest BCUT2D eigenvalue weighted by Crippen LogP contribution is 2.26. The number of phenols is 1. The van der Waals surface area contributed by atoms with Crippen LogP contribution in [0, 0.1) is 0 Å². The van der Waals surface area contributed by atoms with Gasteiger partial charge < -0.3 is 34.8 Å². The van der Waals surface area contributed by atoms with E-state index in [0.717, 1.165) is 54.6 Å². The van der Waals surface area contributed by atoms with E-state index in [9.17, 15) is 19.5 Å². The van der Waals surface area contributed by atoms with Crippen molar-refractivity contribution in [2.75, 3.05) is 51.1 Å². The number of urea groups is 1. The van der Waals surface area contributed by atoms with Crippen molar-refractivity contribution in [2.24, 2.45) is 0 Å². The number of hydrogen-bond acceptors (Lipinski definition) is 6. The van der Waals surface area contributed by atoms with Crippen molar-refractivity contribution in [1.82, 2.24) is 19.6 Å². The standard InChI is InChI=1S/C34H46BN5O5/c35-28-22-24(8-9-30(28)41)23-31(32(42)38-17-11-26(12-18-38)37-15-4-1-5-16-37)45-34(44)39-19-13-27(14-20-39)40-21-10-25-6-2-3-7-29(25)36-33(40)43/h2-3,6-9,22,26-27,31,41H,1,4-5,10-21,23,35H2,(H,36,43)/t31-/m1/s1. The highest BCUT2D eigenvalue weighted by molar-refractivity contribution is 6.34. The van der Waals surface area contributed by atoms with Gasteiger partial charge in [0.2, 0.25) is 0 Å². The van der Waals surface area contributed by atoms with Crippen molar-refractivity contribution in [1.29, 1.82) is 0 Å². The lowest BCUT2D eigenvalue weighted by atomic mass is 9.91. The van der Waals surface area contributed by atoms with Gasteiger partial charge in [-0.3, -0.25) is 4.79 Å². The first-order valence-corrected chi connectivity index (χ1v) is 16.8. The Morgan fingerprint density at radius 2 is 1.58 bits per heavy atom. The van der Waals surface area contributed by atoms with E-state index in [4.69, 9.17) is 4.74 Å². The molecule has 0 spiro atoms. The molecule has 3 saturated heterocycles. The molecule has 4 amide bonds. The Labute approximate surface area is 267 Å². The van der Waals surface area contributed by atoms with E-state index in [2.05, 4.69) is 10.2 Å².